The molecule has 92 valence electrons. The van der Waals surface area contributed by atoms with Gasteiger partial charge in [-0.3, -0.25) is 4.79 Å². The Bertz CT molecular complexity index is 380. The molecule has 1 aliphatic heterocycles. The highest BCUT2D eigenvalue weighted by atomic mass is 16.8. The van der Waals surface area contributed by atoms with Gasteiger partial charge >= 0.3 is 0 Å². The number of carbonyl (C=O) groups excluding carboxylic acids is 1. The molecule has 1 heterocycles. The lowest BCUT2D eigenvalue weighted by atomic mass is 9.97. The number of β-lactam (4-membered cyclic amide) rings is 1. The summed E-state index contributed by atoms with van der Waals surface area (Å²) in [6, 6.07) is 9.90. The molecule has 0 bridgehead atoms. The van der Waals surface area contributed by atoms with Crippen LogP contribution in [0.15, 0.2) is 30.3 Å². The number of hydrogen-bond acceptors (Lipinski definition) is 3. The smallest absolute Gasteiger partial charge is 0.249 e. The third kappa shape index (κ3) is 2.65. The van der Waals surface area contributed by atoms with Crippen LogP contribution in [0.2, 0.25) is 0 Å². The molecule has 1 fully saturated rings. The predicted molar refractivity (Wildman–Crippen MR) is 62.8 cm³/mol. The van der Waals surface area contributed by atoms with Crippen molar-refractivity contribution in [2.75, 3.05) is 6.61 Å². The Morgan fingerprint density at radius 2 is 2.12 bits per heavy atom. The molecule has 1 saturated heterocycles. The normalized spacial score (nSPS) is 21.2. The van der Waals surface area contributed by atoms with Crippen molar-refractivity contribution in [3.63, 3.8) is 0 Å². The van der Waals surface area contributed by atoms with E-state index in [4.69, 9.17) is 9.57 Å². The second-order valence-corrected chi connectivity index (χ2v) is 3.98. The molecule has 1 amide bonds. The van der Waals surface area contributed by atoms with Gasteiger partial charge in [0.15, 0.2) is 6.29 Å². The first-order valence-electron chi connectivity index (χ1n) is 5.87. The number of amides is 1. The molecule has 17 heavy (non-hydrogen) atoms. The zero-order chi connectivity index (χ0) is 12.3. The molecule has 1 aromatic carbocycles. The summed E-state index contributed by atoms with van der Waals surface area (Å²) in [6.45, 7) is 4.25. The molecular formula is C13H17NO3. The van der Waals surface area contributed by atoms with Gasteiger partial charge in [0, 0.05) is 6.61 Å². The van der Waals surface area contributed by atoms with E-state index in [1.165, 1.54) is 5.06 Å². The van der Waals surface area contributed by atoms with Gasteiger partial charge in [0.2, 0.25) is 5.91 Å². The molecule has 2 unspecified atom stereocenters. The molecule has 2 rings (SSSR count). The van der Waals surface area contributed by atoms with Gasteiger partial charge in [-0.05, 0) is 19.4 Å². The lowest BCUT2D eigenvalue weighted by Crippen LogP contribution is -2.48. The molecule has 0 spiro atoms. The summed E-state index contributed by atoms with van der Waals surface area (Å²) in [4.78, 5) is 17.0. The van der Waals surface area contributed by atoms with Crippen LogP contribution in [0.25, 0.3) is 0 Å². The molecule has 1 aromatic rings. The van der Waals surface area contributed by atoms with Crippen LogP contribution in [0.1, 0.15) is 31.9 Å². The summed E-state index contributed by atoms with van der Waals surface area (Å²) in [5, 5.41) is 1.41. The molecule has 4 nitrogen and oxygen atoms in total. The van der Waals surface area contributed by atoms with E-state index in [1.54, 1.807) is 6.92 Å². The summed E-state index contributed by atoms with van der Waals surface area (Å²) in [6.07, 6.45) is 0.110. The number of nitrogens with zero attached hydrogens (tertiary/aromatic N) is 1. The van der Waals surface area contributed by atoms with E-state index in [1.807, 2.05) is 37.3 Å². The lowest BCUT2D eigenvalue weighted by molar-refractivity contribution is -0.297. The van der Waals surface area contributed by atoms with Crippen molar-refractivity contribution >= 4 is 5.91 Å². The minimum absolute atomic E-state index is 0.00501. The van der Waals surface area contributed by atoms with Crippen molar-refractivity contribution in [3.05, 3.63) is 35.9 Å². The van der Waals surface area contributed by atoms with Gasteiger partial charge in [0.25, 0.3) is 0 Å². The highest BCUT2D eigenvalue weighted by molar-refractivity contribution is 5.82. The third-order valence-electron chi connectivity index (χ3n) is 2.74. The fraction of sp³-hybridized carbons (Fsp3) is 0.462. The zero-order valence-corrected chi connectivity index (χ0v) is 10.1. The zero-order valence-electron chi connectivity index (χ0n) is 10.1. The summed E-state index contributed by atoms with van der Waals surface area (Å²) in [5.41, 5.74) is 1.09. The summed E-state index contributed by atoms with van der Waals surface area (Å²) in [5.74, 6) is 0.00501. The Morgan fingerprint density at radius 3 is 2.71 bits per heavy atom. The lowest BCUT2D eigenvalue weighted by Gasteiger charge is -2.40. The van der Waals surface area contributed by atoms with Crippen molar-refractivity contribution in [1.82, 2.24) is 5.06 Å². The molecule has 0 radical (unpaired) electrons. The molecule has 0 N–H and O–H groups in total. The molecule has 2 atom stereocenters. The first-order valence-corrected chi connectivity index (χ1v) is 5.87. The van der Waals surface area contributed by atoms with E-state index in [-0.39, 0.29) is 11.9 Å². The number of ether oxygens (including phenoxy) is 1. The van der Waals surface area contributed by atoms with Gasteiger partial charge in [-0.1, -0.05) is 30.3 Å². The molecular weight excluding hydrogens is 218 g/mol. The van der Waals surface area contributed by atoms with Crippen LogP contribution in [0, 0.1) is 0 Å². The number of hydroxylamine groups is 2. The van der Waals surface area contributed by atoms with Crippen LogP contribution in [-0.4, -0.2) is 23.9 Å². The van der Waals surface area contributed by atoms with Crippen molar-refractivity contribution in [1.29, 1.82) is 0 Å². The predicted octanol–water partition coefficient (Wildman–Crippen LogP) is 2.27. The topological polar surface area (TPSA) is 38.8 Å². The van der Waals surface area contributed by atoms with E-state index < -0.39 is 6.29 Å². The van der Waals surface area contributed by atoms with Crippen LogP contribution >= 0.6 is 0 Å². The van der Waals surface area contributed by atoms with Crippen LogP contribution in [-0.2, 0) is 14.4 Å². The minimum atomic E-state index is -0.393. The highest BCUT2D eigenvalue weighted by Gasteiger charge is 2.39. The largest absolute Gasteiger partial charge is 0.351 e. The molecule has 0 saturated carbocycles. The second-order valence-electron chi connectivity index (χ2n) is 3.98. The Kier molecular flexibility index (Phi) is 3.76. The SMILES string of the molecule is CCOC(C)ON1C(=O)CC1c1ccccc1. The van der Waals surface area contributed by atoms with E-state index >= 15 is 0 Å². The van der Waals surface area contributed by atoms with Gasteiger partial charge < -0.3 is 4.74 Å². The molecule has 0 aliphatic carbocycles. The quantitative estimate of drug-likeness (QED) is 0.580. The maximum Gasteiger partial charge on any atom is 0.249 e. The number of benzene rings is 1. The Morgan fingerprint density at radius 1 is 1.41 bits per heavy atom. The number of rotatable bonds is 5. The monoisotopic (exact) mass is 235 g/mol. The van der Waals surface area contributed by atoms with E-state index in [9.17, 15) is 4.79 Å². The fourth-order valence-electron chi connectivity index (χ4n) is 1.89. The van der Waals surface area contributed by atoms with Gasteiger partial charge in [0.05, 0.1) is 12.5 Å². The first kappa shape index (κ1) is 12.1. The average molecular weight is 235 g/mol. The Labute approximate surface area is 101 Å². The average Bonchev–Trinajstić information content (AvgIpc) is 2.34. The minimum Gasteiger partial charge on any atom is -0.351 e. The van der Waals surface area contributed by atoms with Crippen molar-refractivity contribution in [2.45, 2.75) is 32.6 Å². The van der Waals surface area contributed by atoms with E-state index in [0.717, 1.165) is 5.56 Å². The summed E-state index contributed by atoms with van der Waals surface area (Å²) >= 11 is 0. The van der Waals surface area contributed by atoms with Gasteiger partial charge in [-0.15, -0.1) is 0 Å². The van der Waals surface area contributed by atoms with Crippen LogP contribution in [0.5, 0.6) is 0 Å². The van der Waals surface area contributed by atoms with Crippen LogP contribution < -0.4 is 0 Å². The van der Waals surface area contributed by atoms with Crippen LogP contribution in [0.3, 0.4) is 0 Å². The molecule has 4 heteroatoms. The van der Waals surface area contributed by atoms with Crippen molar-refractivity contribution in [2.24, 2.45) is 0 Å². The molecule has 1 aliphatic rings. The van der Waals surface area contributed by atoms with Gasteiger partial charge in [-0.2, -0.15) is 0 Å². The van der Waals surface area contributed by atoms with Crippen molar-refractivity contribution in [3.8, 4) is 0 Å². The Hall–Kier alpha value is -1.39. The number of hydrogen-bond donors (Lipinski definition) is 0. The van der Waals surface area contributed by atoms with Crippen molar-refractivity contribution < 1.29 is 14.4 Å². The second kappa shape index (κ2) is 5.29. The summed E-state index contributed by atoms with van der Waals surface area (Å²) in [7, 11) is 0. The third-order valence-corrected chi connectivity index (χ3v) is 2.74. The number of carbonyl (C=O) groups is 1. The first-order chi connectivity index (χ1) is 8.22. The van der Waals surface area contributed by atoms with Crippen LogP contribution in [0.4, 0.5) is 0 Å². The van der Waals surface area contributed by atoms with E-state index in [2.05, 4.69) is 0 Å². The van der Waals surface area contributed by atoms with Gasteiger partial charge in [0.1, 0.15) is 0 Å². The van der Waals surface area contributed by atoms with Gasteiger partial charge in [-0.25, -0.2) is 9.90 Å². The summed E-state index contributed by atoms with van der Waals surface area (Å²) < 4.78 is 5.26. The molecule has 0 aromatic heterocycles. The Balaban J connectivity index is 1.99. The maximum atomic E-state index is 11.5. The highest BCUT2D eigenvalue weighted by Crippen LogP contribution is 2.34. The fourth-order valence-corrected chi connectivity index (χ4v) is 1.89. The van der Waals surface area contributed by atoms with E-state index in [0.29, 0.717) is 13.0 Å². The maximum absolute atomic E-state index is 11.5. The standard InChI is InChI=1S/C13H17NO3/c1-3-16-10(2)17-14-12(9-13(14)15)11-7-5-4-6-8-11/h4-8,10,12H,3,9H2,1-2H3.